The number of terminal acetylenes is 1. The topological polar surface area (TPSA) is 34.4 Å². The van der Waals surface area contributed by atoms with Gasteiger partial charge in [0.15, 0.2) is 4.80 Å². The molecule has 3 nitrogen and oxygen atoms in total. The van der Waals surface area contributed by atoms with Gasteiger partial charge in [-0.05, 0) is 36.4 Å². The molecule has 1 heterocycles. The maximum atomic E-state index is 13.0. The number of carbonyl (C=O) groups is 1. The molecule has 24 heavy (non-hydrogen) atoms. The van der Waals surface area contributed by atoms with E-state index in [1.165, 1.54) is 35.6 Å². The molecule has 0 unspecified atom stereocenters. The third-order valence-electron chi connectivity index (χ3n) is 3.23. The SMILES string of the molecule is C#CCn1c(=NC(=O)c2ccc(F)cc2)sc2cc(Cl)cc(Cl)c21. The van der Waals surface area contributed by atoms with Crippen LogP contribution in [0.15, 0.2) is 41.4 Å². The van der Waals surface area contributed by atoms with E-state index in [1.807, 2.05) is 0 Å². The molecule has 2 aromatic carbocycles. The number of thiazole rings is 1. The van der Waals surface area contributed by atoms with Crippen LogP contribution in [0.2, 0.25) is 10.0 Å². The molecule has 0 aliphatic carbocycles. The van der Waals surface area contributed by atoms with Crippen LogP contribution >= 0.6 is 34.5 Å². The van der Waals surface area contributed by atoms with Crippen molar-refractivity contribution >= 4 is 50.7 Å². The Morgan fingerprint density at radius 3 is 2.67 bits per heavy atom. The lowest BCUT2D eigenvalue weighted by molar-refractivity contribution is 0.0998. The normalized spacial score (nSPS) is 11.7. The second kappa shape index (κ2) is 6.78. The quantitative estimate of drug-likeness (QED) is 0.603. The number of hydrogen-bond donors (Lipinski definition) is 0. The van der Waals surface area contributed by atoms with Crippen molar-refractivity contribution in [2.24, 2.45) is 4.99 Å². The van der Waals surface area contributed by atoms with E-state index in [-0.39, 0.29) is 12.1 Å². The number of carbonyl (C=O) groups excluding carboxylic acids is 1. The van der Waals surface area contributed by atoms with Crippen molar-refractivity contribution in [3.8, 4) is 12.3 Å². The second-order valence-electron chi connectivity index (χ2n) is 4.83. The largest absolute Gasteiger partial charge is 0.303 e. The molecular weight excluding hydrogens is 370 g/mol. The molecule has 0 saturated heterocycles. The van der Waals surface area contributed by atoms with E-state index in [4.69, 9.17) is 29.6 Å². The summed E-state index contributed by atoms with van der Waals surface area (Å²) in [6.07, 6.45) is 5.41. The van der Waals surface area contributed by atoms with Crippen LogP contribution < -0.4 is 4.80 Å². The fourth-order valence-electron chi connectivity index (χ4n) is 2.20. The fourth-order valence-corrected chi connectivity index (χ4v) is 4.01. The number of benzene rings is 2. The highest BCUT2D eigenvalue weighted by molar-refractivity contribution is 7.16. The molecule has 1 aromatic heterocycles. The highest BCUT2D eigenvalue weighted by Crippen LogP contribution is 2.29. The van der Waals surface area contributed by atoms with E-state index in [0.29, 0.717) is 20.4 Å². The molecule has 7 heteroatoms. The van der Waals surface area contributed by atoms with Gasteiger partial charge in [0, 0.05) is 10.6 Å². The molecule has 0 saturated carbocycles. The lowest BCUT2D eigenvalue weighted by Gasteiger charge is -2.02. The molecule has 0 fully saturated rings. The first-order valence-electron chi connectivity index (χ1n) is 6.76. The van der Waals surface area contributed by atoms with Crippen LogP contribution in [0.25, 0.3) is 10.2 Å². The molecular formula is C17H9Cl2FN2OS. The Bertz CT molecular complexity index is 1050. The Kier molecular flexibility index (Phi) is 4.72. The zero-order valence-electron chi connectivity index (χ0n) is 12.1. The Morgan fingerprint density at radius 1 is 1.29 bits per heavy atom. The summed E-state index contributed by atoms with van der Waals surface area (Å²) in [6.45, 7) is 0.205. The average Bonchev–Trinajstić information content (AvgIpc) is 2.85. The second-order valence-corrected chi connectivity index (χ2v) is 6.69. The summed E-state index contributed by atoms with van der Waals surface area (Å²) in [5.41, 5.74) is 0.958. The average molecular weight is 379 g/mol. The van der Waals surface area contributed by atoms with Gasteiger partial charge < -0.3 is 4.57 Å². The first-order chi connectivity index (χ1) is 11.5. The number of hydrogen-bond acceptors (Lipinski definition) is 2. The lowest BCUT2D eigenvalue weighted by atomic mass is 10.2. The van der Waals surface area contributed by atoms with Gasteiger partial charge in [-0.2, -0.15) is 4.99 Å². The maximum Gasteiger partial charge on any atom is 0.279 e. The predicted octanol–water partition coefficient (Wildman–Crippen LogP) is 4.52. The van der Waals surface area contributed by atoms with E-state index >= 15 is 0 Å². The van der Waals surface area contributed by atoms with Crippen LogP contribution in [0, 0.1) is 18.2 Å². The molecule has 120 valence electrons. The monoisotopic (exact) mass is 378 g/mol. The number of halogens is 3. The number of amides is 1. The van der Waals surface area contributed by atoms with Crippen molar-refractivity contribution in [2.75, 3.05) is 0 Å². The summed E-state index contributed by atoms with van der Waals surface area (Å²) in [6, 6.07) is 8.52. The summed E-state index contributed by atoms with van der Waals surface area (Å²) in [4.78, 5) is 16.8. The smallest absolute Gasteiger partial charge is 0.279 e. The molecule has 0 aliphatic heterocycles. The van der Waals surface area contributed by atoms with Gasteiger partial charge >= 0.3 is 0 Å². The highest BCUT2D eigenvalue weighted by Gasteiger charge is 2.12. The van der Waals surface area contributed by atoms with Crippen molar-refractivity contribution in [3.05, 3.63) is 62.6 Å². The Morgan fingerprint density at radius 2 is 2.00 bits per heavy atom. The van der Waals surface area contributed by atoms with E-state index in [0.717, 1.165) is 4.70 Å². The van der Waals surface area contributed by atoms with E-state index in [2.05, 4.69) is 10.9 Å². The fraction of sp³-hybridized carbons (Fsp3) is 0.0588. The minimum absolute atomic E-state index is 0.205. The van der Waals surface area contributed by atoms with Gasteiger partial charge in [-0.25, -0.2) is 4.39 Å². The number of fused-ring (bicyclic) bond motifs is 1. The minimum Gasteiger partial charge on any atom is -0.303 e. The number of aromatic nitrogens is 1. The van der Waals surface area contributed by atoms with Gasteiger partial charge in [0.1, 0.15) is 5.82 Å². The van der Waals surface area contributed by atoms with Crippen LogP contribution in [-0.2, 0) is 6.54 Å². The van der Waals surface area contributed by atoms with Gasteiger partial charge in [0.05, 0.1) is 21.8 Å². The third-order valence-corrected chi connectivity index (χ3v) is 4.76. The minimum atomic E-state index is -0.491. The molecule has 0 spiro atoms. The standard InChI is InChI=1S/C17H9Cl2FN2OS/c1-2-7-22-15-13(19)8-11(18)9-14(15)24-17(22)21-16(23)10-3-5-12(20)6-4-10/h1,3-6,8-9H,7H2. The molecule has 0 N–H and O–H groups in total. The third kappa shape index (κ3) is 3.22. The molecule has 0 aliphatic rings. The summed E-state index contributed by atoms with van der Waals surface area (Å²) < 4.78 is 15.4. The van der Waals surface area contributed by atoms with Crippen LogP contribution in [0.3, 0.4) is 0 Å². The number of rotatable bonds is 2. The van der Waals surface area contributed by atoms with Gasteiger partial charge in [-0.15, -0.1) is 6.42 Å². The van der Waals surface area contributed by atoms with Crippen molar-refractivity contribution < 1.29 is 9.18 Å². The molecule has 1 amide bonds. The van der Waals surface area contributed by atoms with Crippen molar-refractivity contribution in [2.45, 2.75) is 6.54 Å². The predicted molar refractivity (Wildman–Crippen MR) is 95.0 cm³/mol. The van der Waals surface area contributed by atoms with Crippen LogP contribution in [0.1, 0.15) is 10.4 Å². The molecule has 3 aromatic rings. The van der Waals surface area contributed by atoms with Crippen LogP contribution in [0.4, 0.5) is 4.39 Å². The number of nitrogens with zero attached hydrogens (tertiary/aromatic N) is 2. The molecule has 3 rings (SSSR count). The molecule has 0 radical (unpaired) electrons. The first-order valence-corrected chi connectivity index (χ1v) is 8.33. The maximum absolute atomic E-state index is 13.0. The van der Waals surface area contributed by atoms with Gasteiger partial charge in [-0.3, -0.25) is 4.79 Å². The van der Waals surface area contributed by atoms with Crippen LogP contribution in [-0.4, -0.2) is 10.5 Å². The summed E-state index contributed by atoms with van der Waals surface area (Å²) in [5.74, 6) is 1.61. The van der Waals surface area contributed by atoms with Gasteiger partial charge in [0.25, 0.3) is 5.91 Å². The highest BCUT2D eigenvalue weighted by atomic mass is 35.5. The Balaban J connectivity index is 2.19. The molecule has 0 bridgehead atoms. The zero-order chi connectivity index (χ0) is 17.3. The van der Waals surface area contributed by atoms with Gasteiger partial charge in [-0.1, -0.05) is 40.5 Å². The van der Waals surface area contributed by atoms with Crippen molar-refractivity contribution in [1.29, 1.82) is 0 Å². The Hall–Kier alpha value is -2.13. The van der Waals surface area contributed by atoms with E-state index < -0.39 is 11.7 Å². The Labute approximate surface area is 151 Å². The summed E-state index contributed by atoms with van der Waals surface area (Å²) in [7, 11) is 0. The van der Waals surface area contributed by atoms with Crippen LogP contribution in [0.5, 0.6) is 0 Å². The van der Waals surface area contributed by atoms with E-state index in [9.17, 15) is 9.18 Å². The van der Waals surface area contributed by atoms with Crippen molar-refractivity contribution in [1.82, 2.24) is 4.57 Å². The summed E-state index contributed by atoms with van der Waals surface area (Å²) in [5, 5.41) is 0.915. The summed E-state index contributed by atoms with van der Waals surface area (Å²) >= 11 is 13.5. The first kappa shape index (κ1) is 16.7. The molecule has 0 atom stereocenters. The zero-order valence-corrected chi connectivity index (χ0v) is 14.4. The van der Waals surface area contributed by atoms with E-state index in [1.54, 1.807) is 16.7 Å². The lowest BCUT2D eigenvalue weighted by Crippen LogP contribution is -2.16. The van der Waals surface area contributed by atoms with Gasteiger partial charge in [0.2, 0.25) is 0 Å². The van der Waals surface area contributed by atoms with Crippen molar-refractivity contribution in [3.63, 3.8) is 0 Å².